The normalized spacial score (nSPS) is 17.9. The van der Waals surface area contributed by atoms with Crippen molar-refractivity contribution >= 4 is 15.9 Å². The van der Waals surface area contributed by atoms with Crippen molar-refractivity contribution in [3.63, 3.8) is 0 Å². The number of benzene rings is 1. The van der Waals surface area contributed by atoms with Crippen LogP contribution in [0.1, 0.15) is 36.6 Å². The third-order valence-corrected chi connectivity index (χ3v) is 5.91. The van der Waals surface area contributed by atoms with Gasteiger partial charge in [-0.2, -0.15) is 0 Å². The summed E-state index contributed by atoms with van der Waals surface area (Å²) in [6.07, 6.45) is 6.31. The standard InChI is InChI=1S/C17H22BrN3/c1-12-8-14(9-13(2)16(12)18)21-11-20-10-15(21)17(3)4-6-19-7-5-17/h8-11,19H,4-7H2,1-3H3. The minimum Gasteiger partial charge on any atom is -0.317 e. The number of halogens is 1. The molecular formula is C17H22BrN3. The number of hydrogen-bond acceptors (Lipinski definition) is 2. The molecule has 1 fully saturated rings. The number of imidazole rings is 1. The minimum absolute atomic E-state index is 0.205. The molecule has 0 aliphatic carbocycles. The van der Waals surface area contributed by atoms with Crippen molar-refractivity contribution in [1.29, 1.82) is 0 Å². The molecule has 0 spiro atoms. The third-order valence-electron chi connectivity index (χ3n) is 4.66. The predicted molar refractivity (Wildman–Crippen MR) is 90.2 cm³/mol. The largest absolute Gasteiger partial charge is 0.317 e. The second-order valence-corrected chi connectivity index (χ2v) is 7.15. The van der Waals surface area contributed by atoms with Crippen molar-refractivity contribution in [1.82, 2.24) is 14.9 Å². The van der Waals surface area contributed by atoms with Crippen LogP contribution >= 0.6 is 15.9 Å². The molecule has 1 aliphatic rings. The van der Waals surface area contributed by atoms with E-state index >= 15 is 0 Å². The zero-order valence-electron chi connectivity index (χ0n) is 12.9. The van der Waals surface area contributed by atoms with E-state index in [1.165, 1.54) is 27.0 Å². The monoisotopic (exact) mass is 347 g/mol. The first-order chi connectivity index (χ1) is 10.0. The van der Waals surface area contributed by atoms with Crippen LogP contribution in [0.4, 0.5) is 0 Å². The van der Waals surface area contributed by atoms with E-state index in [1.807, 2.05) is 12.5 Å². The Bertz CT molecular complexity index is 631. The predicted octanol–water partition coefficient (Wildman–Crippen LogP) is 3.89. The van der Waals surface area contributed by atoms with Crippen LogP contribution in [-0.2, 0) is 5.41 Å². The summed E-state index contributed by atoms with van der Waals surface area (Å²) in [5.74, 6) is 0. The van der Waals surface area contributed by atoms with Crippen molar-refractivity contribution in [2.75, 3.05) is 13.1 Å². The van der Waals surface area contributed by atoms with Gasteiger partial charge in [-0.1, -0.05) is 22.9 Å². The summed E-state index contributed by atoms with van der Waals surface area (Å²) in [5, 5.41) is 3.45. The van der Waals surface area contributed by atoms with Crippen LogP contribution in [0.25, 0.3) is 5.69 Å². The number of piperidine rings is 1. The van der Waals surface area contributed by atoms with E-state index in [4.69, 9.17) is 0 Å². The summed E-state index contributed by atoms with van der Waals surface area (Å²) in [6.45, 7) is 8.81. The number of aryl methyl sites for hydroxylation is 2. The second kappa shape index (κ2) is 5.58. The van der Waals surface area contributed by atoms with Gasteiger partial charge < -0.3 is 9.88 Å². The van der Waals surface area contributed by atoms with E-state index in [1.54, 1.807) is 0 Å². The summed E-state index contributed by atoms with van der Waals surface area (Å²) in [6, 6.07) is 4.46. The van der Waals surface area contributed by atoms with Gasteiger partial charge in [-0.25, -0.2) is 4.98 Å². The molecule has 0 radical (unpaired) electrons. The highest BCUT2D eigenvalue weighted by molar-refractivity contribution is 9.10. The van der Waals surface area contributed by atoms with Gasteiger partial charge in [0.15, 0.2) is 0 Å². The number of hydrogen-bond donors (Lipinski definition) is 1. The highest BCUT2D eigenvalue weighted by Gasteiger charge is 2.32. The molecule has 1 aromatic carbocycles. The quantitative estimate of drug-likeness (QED) is 0.892. The first kappa shape index (κ1) is 14.8. The fourth-order valence-corrected chi connectivity index (χ4v) is 3.47. The van der Waals surface area contributed by atoms with Crippen molar-refractivity contribution in [2.24, 2.45) is 0 Å². The van der Waals surface area contributed by atoms with Gasteiger partial charge in [-0.05, 0) is 63.0 Å². The molecule has 0 atom stereocenters. The molecule has 0 bridgehead atoms. The lowest BCUT2D eigenvalue weighted by molar-refractivity contribution is 0.324. The van der Waals surface area contributed by atoms with Crippen molar-refractivity contribution in [2.45, 2.75) is 39.0 Å². The molecule has 0 amide bonds. The first-order valence-corrected chi connectivity index (χ1v) is 8.31. The fourth-order valence-electron chi connectivity index (χ4n) is 3.24. The number of rotatable bonds is 2. The fraction of sp³-hybridized carbons (Fsp3) is 0.471. The second-order valence-electron chi connectivity index (χ2n) is 6.35. The smallest absolute Gasteiger partial charge is 0.0994 e. The lowest BCUT2D eigenvalue weighted by Gasteiger charge is -2.34. The lowest BCUT2D eigenvalue weighted by atomic mass is 9.78. The Kier molecular flexibility index (Phi) is 3.93. The molecule has 1 aliphatic heterocycles. The van der Waals surface area contributed by atoms with Gasteiger partial charge in [0.1, 0.15) is 0 Å². The summed E-state index contributed by atoms with van der Waals surface area (Å²) < 4.78 is 3.46. The van der Waals surface area contributed by atoms with Crippen LogP contribution < -0.4 is 5.32 Å². The highest BCUT2D eigenvalue weighted by atomic mass is 79.9. The Hall–Kier alpha value is -1.13. The Balaban J connectivity index is 2.07. The van der Waals surface area contributed by atoms with E-state index < -0.39 is 0 Å². The maximum Gasteiger partial charge on any atom is 0.0994 e. The number of nitrogens with zero attached hydrogens (tertiary/aromatic N) is 2. The Morgan fingerprint density at radius 3 is 2.43 bits per heavy atom. The van der Waals surface area contributed by atoms with Crippen LogP contribution in [0.2, 0.25) is 0 Å². The Morgan fingerprint density at radius 2 is 1.81 bits per heavy atom. The Labute approximate surface area is 134 Å². The van der Waals surface area contributed by atoms with Crippen LogP contribution in [-0.4, -0.2) is 22.6 Å². The summed E-state index contributed by atoms with van der Waals surface area (Å²) in [7, 11) is 0. The zero-order valence-corrected chi connectivity index (χ0v) is 14.5. The van der Waals surface area contributed by atoms with E-state index in [0.29, 0.717) is 0 Å². The Morgan fingerprint density at radius 1 is 1.19 bits per heavy atom. The zero-order chi connectivity index (χ0) is 15.0. The molecule has 0 unspecified atom stereocenters. The van der Waals surface area contributed by atoms with Gasteiger partial charge >= 0.3 is 0 Å². The molecule has 2 heterocycles. The lowest BCUT2D eigenvalue weighted by Crippen LogP contribution is -2.38. The van der Waals surface area contributed by atoms with E-state index in [2.05, 4.69) is 63.7 Å². The number of aromatic nitrogens is 2. The summed E-state index contributed by atoms with van der Waals surface area (Å²) in [5.41, 5.74) is 5.27. The molecule has 21 heavy (non-hydrogen) atoms. The molecule has 2 aromatic rings. The highest BCUT2D eigenvalue weighted by Crippen LogP contribution is 2.34. The van der Waals surface area contributed by atoms with E-state index in [9.17, 15) is 0 Å². The van der Waals surface area contributed by atoms with Crippen molar-refractivity contribution in [3.05, 3.63) is 46.0 Å². The molecule has 3 nitrogen and oxygen atoms in total. The maximum absolute atomic E-state index is 4.43. The molecule has 112 valence electrons. The third kappa shape index (κ3) is 2.67. The summed E-state index contributed by atoms with van der Waals surface area (Å²) >= 11 is 3.65. The maximum atomic E-state index is 4.43. The molecule has 1 N–H and O–H groups in total. The van der Waals surface area contributed by atoms with Crippen molar-refractivity contribution in [3.8, 4) is 5.69 Å². The molecule has 3 rings (SSSR count). The average Bonchev–Trinajstić information content (AvgIpc) is 2.95. The molecule has 0 saturated carbocycles. The van der Waals surface area contributed by atoms with Crippen LogP contribution in [0, 0.1) is 13.8 Å². The summed E-state index contributed by atoms with van der Waals surface area (Å²) in [4.78, 5) is 4.43. The van der Waals surface area contributed by atoms with Crippen LogP contribution in [0.5, 0.6) is 0 Å². The molecule has 1 saturated heterocycles. The van der Waals surface area contributed by atoms with Gasteiger partial charge in [-0.15, -0.1) is 0 Å². The van der Waals surface area contributed by atoms with Crippen LogP contribution in [0.15, 0.2) is 29.1 Å². The van der Waals surface area contributed by atoms with E-state index in [0.717, 1.165) is 25.9 Å². The van der Waals surface area contributed by atoms with Gasteiger partial charge in [0.2, 0.25) is 0 Å². The minimum atomic E-state index is 0.205. The van der Waals surface area contributed by atoms with Gasteiger partial charge in [0.05, 0.1) is 6.33 Å². The van der Waals surface area contributed by atoms with Gasteiger partial charge in [0, 0.05) is 27.5 Å². The molecular weight excluding hydrogens is 326 g/mol. The SMILES string of the molecule is Cc1cc(-n2cncc2C2(C)CCNCC2)cc(C)c1Br. The van der Waals surface area contributed by atoms with E-state index in [-0.39, 0.29) is 5.41 Å². The molecule has 1 aromatic heterocycles. The van der Waals surface area contributed by atoms with Gasteiger partial charge in [0.25, 0.3) is 0 Å². The van der Waals surface area contributed by atoms with Crippen LogP contribution in [0.3, 0.4) is 0 Å². The first-order valence-electron chi connectivity index (χ1n) is 7.52. The average molecular weight is 348 g/mol. The van der Waals surface area contributed by atoms with Crippen molar-refractivity contribution < 1.29 is 0 Å². The topological polar surface area (TPSA) is 29.9 Å². The number of nitrogens with one attached hydrogen (secondary N) is 1. The molecule has 4 heteroatoms. The van der Waals surface area contributed by atoms with Gasteiger partial charge in [-0.3, -0.25) is 0 Å².